The SMILES string of the molecule is C=C/C=C(\C)c1ccc(C(=O)N(C)Cc2ccccc2OC/C=C(\C)CCC(=O)O)cc1. The van der Waals surface area contributed by atoms with Crippen LogP contribution in [0.2, 0.25) is 0 Å². The van der Waals surface area contributed by atoms with Crippen molar-refractivity contribution in [1.82, 2.24) is 4.90 Å². The molecule has 0 aliphatic heterocycles. The number of allylic oxidation sites excluding steroid dienone is 4. The third-order valence-corrected chi connectivity index (χ3v) is 5.09. The predicted molar refractivity (Wildman–Crippen MR) is 129 cm³/mol. The molecule has 2 rings (SSSR count). The summed E-state index contributed by atoms with van der Waals surface area (Å²) in [6.07, 6.45) is 6.17. The normalized spacial score (nSPS) is 11.7. The molecule has 0 aliphatic carbocycles. The van der Waals surface area contributed by atoms with Crippen molar-refractivity contribution in [3.63, 3.8) is 0 Å². The molecule has 0 saturated carbocycles. The van der Waals surface area contributed by atoms with Crippen LogP contribution in [-0.4, -0.2) is 35.5 Å². The first-order valence-corrected chi connectivity index (χ1v) is 10.5. The van der Waals surface area contributed by atoms with E-state index in [0.717, 1.165) is 22.3 Å². The van der Waals surface area contributed by atoms with Crippen LogP contribution in [0, 0.1) is 0 Å². The van der Waals surface area contributed by atoms with E-state index >= 15 is 0 Å². The molecule has 0 heterocycles. The van der Waals surface area contributed by atoms with Gasteiger partial charge in [-0.1, -0.05) is 54.6 Å². The molecule has 0 spiro atoms. The smallest absolute Gasteiger partial charge is 0.303 e. The Bertz CT molecular complexity index is 1000. The summed E-state index contributed by atoms with van der Waals surface area (Å²) >= 11 is 0. The van der Waals surface area contributed by atoms with E-state index in [0.29, 0.717) is 30.9 Å². The van der Waals surface area contributed by atoms with Gasteiger partial charge in [-0.2, -0.15) is 0 Å². The van der Waals surface area contributed by atoms with Crippen molar-refractivity contribution in [2.45, 2.75) is 33.2 Å². The molecule has 5 heteroatoms. The second-order valence-electron chi connectivity index (χ2n) is 7.69. The number of benzene rings is 2. The molecule has 168 valence electrons. The second kappa shape index (κ2) is 12.3. The van der Waals surface area contributed by atoms with Crippen molar-refractivity contribution < 1.29 is 19.4 Å². The molecule has 0 saturated heterocycles. The van der Waals surface area contributed by atoms with Gasteiger partial charge in [-0.15, -0.1) is 0 Å². The number of carbonyl (C=O) groups is 2. The predicted octanol–water partition coefficient (Wildman–Crippen LogP) is 5.74. The third kappa shape index (κ3) is 7.58. The highest BCUT2D eigenvalue weighted by Gasteiger charge is 2.14. The van der Waals surface area contributed by atoms with Gasteiger partial charge < -0.3 is 14.7 Å². The molecule has 2 aromatic carbocycles. The van der Waals surface area contributed by atoms with Crippen molar-refractivity contribution in [2.24, 2.45) is 0 Å². The lowest BCUT2D eigenvalue weighted by atomic mass is 10.0. The summed E-state index contributed by atoms with van der Waals surface area (Å²) in [4.78, 5) is 25.2. The van der Waals surface area contributed by atoms with E-state index in [9.17, 15) is 9.59 Å². The number of ether oxygens (including phenoxy) is 1. The minimum Gasteiger partial charge on any atom is -0.489 e. The number of para-hydroxylation sites is 1. The van der Waals surface area contributed by atoms with E-state index in [1.165, 1.54) is 0 Å². The fourth-order valence-electron chi connectivity index (χ4n) is 3.15. The molecule has 2 aromatic rings. The van der Waals surface area contributed by atoms with E-state index in [-0.39, 0.29) is 12.3 Å². The van der Waals surface area contributed by atoms with Gasteiger partial charge in [0.1, 0.15) is 12.4 Å². The Hall–Kier alpha value is -3.60. The topological polar surface area (TPSA) is 66.8 Å². The van der Waals surface area contributed by atoms with E-state index < -0.39 is 5.97 Å². The summed E-state index contributed by atoms with van der Waals surface area (Å²) in [5.74, 6) is -0.175. The molecular weight excluding hydrogens is 402 g/mol. The number of carboxylic acid groups (broad SMARTS) is 1. The van der Waals surface area contributed by atoms with Crippen LogP contribution < -0.4 is 4.74 Å². The maximum Gasteiger partial charge on any atom is 0.303 e. The number of rotatable bonds is 11. The zero-order valence-corrected chi connectivity index (χ0v) is 19.0. The van der Waals surface area contributed by atoms with E-state index in [4.69, 9.17) is 9.84 Å². The van der Waals surface area contributed by atoms with Crippen LogP contribution in [-0.2, 0) is 11.3 Å². The first-order chi connectivity index (χ1) is 15.3. The zero-order chi connectivity index (χ0) is 23.5. The fourth-order valence-corrected chi connectivity index (χ4v) is 3.15. The highest BCUT2D eigenvalue weighted by molar-refractivity contribution is 5.94. The van der Waals surface area contributed by atoms with Gasteiger partial charge in [-0.25, -0.2) is 0 Å². The molecule has 0 radical (unpaired) electrons. The van der Waals surface area contributed by atoms with Crippen molar-refractivity contribution in [3.05, 3.63) is 95.6 Å². The molecule has 1 N–H and O–H groups in total. The summed E-state index contributed by atoms with van der Waals surface area (Å²) < 4.78 is 5.89. The highest BCUT2D eigenvalue weighted by atomic mass is 16.5. The molecular formula is C27H31NO4. The zero-order valence-electron chi connectivity index (χ0n) is 19.0. The first kappa shape index (κ1) is 24.7. The molecule has 0 aliphatic rings. The van der Waals surface area contributed by atoms with E-state index in [1.807, 2.05) is 74.5 Å². The number of aliphatic carboxylic acids is 1. The Labute approximate surface area is 190 Å². The number of amides is 1. The summed E-state index contributed by atoms with van der Waals surface area (Å²) in [6.45, 7) is 8.37. The first-order valence-electron chi connectivity index (χ1n) is 10.5. The van der Waals surface area contributed by atoms with Crippen molar-refractivity contribution in [3.8, 4) is 5.75 Å². The van der Waals surface area contributed by atoms with Crippen molar-refractivity contribution >= 4 is 17.4 Å². The Morgan fingerprint density at radius 1 is 1.03 bits per heavy atom. The highest BCUT2D eigenvalue weighted by Crippen LogP contribution is 2.21. The van der Waals surface area contributed by atoms with Gasteiger partial charge in [0, 0.05) is 31.1 Å². The largest absolute Gasteiger partial charge is 0.489 e. The Balaban J connectivity index is 2.02. The standard InChI is InChI=1S/C27H31NO4/c1-5-8-21(3)22-12-14-23(15-13-22)27(31)28(4)19-24-9-6-7-10-25(24)32-18-17-20(2)11-16-26(29)30/h5-10,12-15,17H,1,11,16,18-19H2,2-4H3,(H,29,30)/b20-17+,21-8+. The lowest BCUT2D eigenvalue weighted by Gasteiger charge is -2.19. The molecule has 0 bridgehead atoms. The molecule has 32 heavy (non-hydrogen) atoms. The number of hydrogen-bond donors (Lipinski definition) is 1. The van der Waals surface area contributed by atoms with E-state index in [2.05, 4.69) is 6.58 Å². The minimum absolute atomic E-state index is 0.0684. The molecule has 0 unspecified atom stereocenters. The quantitative estimate of drug-likeness (QED) is 0.363. The molecule has 0 atom stereocenters. The monoisotopic (exact) mass is 433 g/mol. The summed E-state index contributed by atoms with van der Waals surface area (Å²) in [5, 5.41) is 8.78. The van der Waals surface area contributed by atoms with E-state index in [1.54, 1.807) is 18.0 Å². The lowest BCUT2D eigenvalue weighted by molar-refractivity contribution is -0.136. The van der Waals surface area contributed by atoms with Gasteiger partial charge in [0.05, 0.1) is 0 Å². The average Bonchev–Trinajstić information content (AvgIpc) is 2.78. The maximum absolute atomic E-state index is 12.9. The Morgan fingerprint density at radius 3 is 2.34 bits per heavy atom. The fraction of sp³-hybridized carbons (Fsp3) is 0.259. The molecule has 1 amide bonds. The number of carboxylic acids is 1. The van der Waals surface area contributed by atoms with Crippen molar-refractivity contribution in [1.29, 1.82) is 0 Å². The third-order valence-electron chi connectivity index (χ3n) is 5.09. The van der Waals surface area contributed by atoms with Crippen LogP contribution in [0.4, 0.5) is 0 Å². The van der Waals surface area contributed by atoms with Crippen LogP contribution in [0.1, 0.15) is 48.2 Å². The Kier molecular flexibility index (Phi) is 9.48. The lowest BCUT2D eigenvalue weighted by Crippen LogP contribution is -2.26. The van der Waals surface area contributed by atoms with Gasteiger partial charge in [0.25, 0.3) is 5.91 Å². The van der Waals surface area contributed by atoms with Crippen LogP contribution in [0.5, 0.6) is 5.75 Å². The van der Waals surface area contributed by atoms with Crippen LogP contribution in [0.15, 0.2) is 78.9 Å². The minimum atomic E-state index is -0.810. The Morgan fingerprint density at radius 2 is 1.69 bits per heavy atom. The van der Waals surface area contributed by atoms with Crippen molar-refractivity contribution in [2.75, 3.05) is 13.7 Å². The van der Waals surface area contributed by atoms with Gasteiger partial charge in [-0.3, -0.25) is 9.59 Å². The number of nitrogens with zero attached hydrogens (tertiary/aromatic N) is 1. The summed E-state index contributed by atoms with van der Waals surface area (Å²) in [6, 6.07) is 15.2. The number of hydrogen-bond acceptors (Lipinski definition) is 3. The summed E-state index contributed by atoms with van der Waals surface area (Å²) in [7, 11) is 1.77. The van der Waals surface area contributed by atoms with Gasteiger partial charge in [-0.05, 0) is 55.7 Å². The summed E-state index contributed by atoms with van der Waals surface area (Å²) in [5.41, 5.74) is 4.64. The van der Waals surface area contributed by atoms with Gasteiger partial charge in [0.2, 0.25) is 0 Å². The maximum atomic E-state index is 12.9. The molecule has 5 nitrogen and oxygen atoms in total. The van der Waals surface area contributed by atoms with Gasteiger partial charge in [0.15, 0.2) is 0 Å². The molecule has 0 fully saturated rings. The number of carbonyl (C=O) groups excluding carboxylic acids is 1. The van der Waals surface area contributed by atoms with Crippen LogP contribution in [0.3, 0.4) is 0 Å². The second-order valence-corrected chi connectivity index (χ2v) is 7.69. The van der Waals surface area contributed by atoms with Crippen LogP contribution in [0.25, 0.3) is 5.57 Å². The van der Waals surface area contributed by atoms with Crippen LogP contribution >= 0.6 is 0 Å². The molecule has 0 aromatic heterocycles. The van der Waals surface area contributed by atoms with Gasteiger partial charge >= 0.3 is 5.97 Å². The average molecular weight is 434 g/mol.